The molecule has 0 bridgehead atoms. The van der Waals surface area contributed by atoms with Crippen LogP contribution in [0.5, 0.6) is 0 Å². The Hall–Kier alpha value is -1.10. The quantitative estimate of drug-likeness (QED) is 0.394. The number of nitrogens with one attached hydrogen (secondary N) is 2. The molecule has 0 saturated carbocycles. The normalized spacial score (nSPS) is 18.8. The van der Waals surface area contributed by atoms with E-state index in [2.05, 4.69) is 20.6 Å². The zero-order chi connectivity index (χ0) is 17.6. The van der Waals surface area contributed by atoms with Crippen molar-refractivity contribution in [1.82, 2.24) is 20.5 Å². The molecule has 0 amide bonds. The van der Waals surface area contributed by atoms with Crippen LogP contribution in [0.3, 0.4) is 0 Å². The number of likely N-dealkylation sites (tertiary alicyclic amines) is 1. The molecule has 1 fully saturated rings. The zero-order valence-corrected chi connectivity index (χ0v) is 16.8. The molecule has 1 atom stereocenters. The van der Waals surface area contributed by atoms with Gasteiger partial charge in [-0.1, -0.05) is 0 Å². The van der Waals surface area contributed by atoms with Gasteiger partial charge in [-0.15, -0.1) is 24.0 Å². The lowest BCUT2D eigenvalue weighted by molar-refractivity contribution is -0.143. The topological polar surface area (TPSA) is 52.6 Å². The Labute approximate surface area is 163 Å². The average Bonchev–Trinajstić information content (AvgIpc) is 2.93. The highest BCUT2D eigenvalue weighted by atomic mass is 127. The van der Waals surface area contributed by atoms with Crippen molar-refractivity contribution in [1.29, 1.82) is 0 Å². The van der Waals surface area contributed by atoms with Crippen molar-refractivity contribution >= 4 is 29.9 Å². The number of hydrogen-bond donors (Lipinski definition) is 2. The number of nitrogens with zero attached hydrogens (tertiary/aromatic N) is 3. The number of alkyl halides is 3. The summed E-state index contributed by atoms with van der Waals surface area (Å²) in [6.07, 6.45) is 0.969. The molecule has 0 radical (unpaired) electrons. The molecule has 1 aliphatic heterocycles. The van der Waals surface area contributed by atoms with Gasteiger partial charge in [0, 0.05) is 45.1 Å². The van der Waals surface area contributed by atoms with Crippen molar-refractivity contribution < 1.29 is 13.2 Å². The summed E-state index contributed by atoms with van der Waals surface area (Å²) in [5.74, 6) is 0.626. The molecule has 1 unspecified atom stereocenters. The first-order valence-corrected chi connectivity index (χ1v) is 8.03. The smallest absolute Gasteiger partial charge is 0.356 e. The standard InChI is InChI=1S/C16H24F3N5.HI/c1-12-9-21-6-3-13(12)4-7-22-15(20-2)23-14-5-8-24(10-14)11-16(17,18)19;/h3,6,9,14H,4-5,7-8,10-11H2,1-2H3,(H2,20,22,23);1H. The van der Waals surface area contributed by atoms with Crippen LogP contribution in [0, 0.1) is 6.92 Å². The Bertz CT molecular complexity index is 565. The molecule has 1 saturated heterocycles. The molecule has 9 heteroatoms. The van der Waals surface area contributed by atoms with Crippen LogP contribution in [0.25, 0.3) is 0 Å². The molecule has 1 aromatic rings. The molecule has 0 spiro atoms. The van der Waals surface area contributed by atoms with E-state index in [-0.39, 0.29) is 30.0 Å². The lowest BCUT2D eigenvalue weighted by Gasteiger charge is -2.20. The average molecular weight is 471 g/mol. The Morgan fingerprint density at radius 2 is 2.20 bits per heavy atom. The van der Waals surface area contributed by atoms with E-state index in [0.717, 1.165) is 12.0 Å². The van der Waals surface area contributed by atoms with Gasteiger partial charge in [0.15, 0.2) is 5.96 Å². The van der Waals surface area contributed by atoms with E-state index in [1.165, 1.54) is 10.5 Å². The number of aryl methyl sites for hydroxylation is 1. The molecule has 2 rings (SSSR count). The Balaban J connectivity index is 0.00000312. The molecular formula is C16H25F3IN5. The first kappa shape index (κ1) is 21.9. The molecule has 2 heterocycles. The zero-order valence-electron chi connectivity index (χ0n) is 14.4. The van der Waals surface area contributed by atoms with Crippen LogP contribution >= 0.6 is 24.0 Å². The van der Waals surface area contributed by atoms with Gasteiger partial charge in [0.2, 0.25) is 0 Å². The maximum Gasteiger partial charge on any atom is 0.401 e. The summed E-state index contributed by atoms with van der Waals surface area (Å²) >= 11 is 0. The molecule has 25 heavy (non-hydrogen) atoms. The molecule has 5 nitrogen and oxygen atoms in total. The second-order valence-electron chi connectivity index (χ2n) is 6.03. The number of aromatic nitrogens is 1. The van der Waals surface area contributed by atoms with E-state index < -0.39 is 12.7 Å². The Morgan fingerprint density at radius 3 is 2.84 bits per heavy atom. The third kappa shape index (κ3) is 7.76. The number of pyridine rings is 1. The van der Waals surface area contributed by atoms with Crippen LogP contribution in [-0.2, 0) is 6.42 Å². The van der Waals surface area contributed by atoms with Crippen molar-refractivity contribution in [3.05, 3.63) is 29.6 Å². The highest BCUT2D eigenvalue weighted by Crippen LogP contribution is 2.19. The monoisotopic (exact) mass is 471 g/mol. The molecule has 142 valence electrons. The Morgan fingerprint density at radius 1 is 1.44 bits per heavy atom. The van der Waals surface area contributed by atoms with Crippen LogP contribution in [-0.4, -0.2) is 61.3 Å². The minimum Gasteiger partial charge on any atom is -0.356 e. The molecule has 1 aromatic heterocycles. The molecule has 0 aliphatic carbocycles. The van der Waals surface area contributed by atoms with Crippen molar-refractivity contribution in [2.24, 2.45) is 4.99 Å². The lowest BCUT2D eigenvalue weighted by Crippen LogP contribution is -2.45. The fourth-order valence-electron chi connectivity index (χ4n) is 2.83. The van der Waals surface area contributed by atoms with Crippen LogP contribution in [0.2, 0.25) is 0 Å². The predicted molar refractivity (Wildman–Crippen MR) is 103 cm³/mol. The molecule has 2 N–H and O–H groups in total. The van der Waals surface area contributed by atoms with Gasteiger partial charge in [0.05, 0.1) is 6.54 Å². The predicted octanol–water partition coefficient (Wildman–Crippen LogP) is 2.35. The maximum atomic E-state index is 12.4. The first-order valence-electron chi connectivity index (χ1n) is 8.03. The number of rotatable bonds is 5. The van der Waals surface area contributed by atoms with E-state index in [4.69, 9.17) is 0 Å². The minimum atomic E-state index is -4.14. The van der Waals surface area contributed by atoms with Crippen molar-refractivity contribution in [2.75, 3.05) is 33.2 Å². The molecular weight excluding hydrogens is 446 g/mol. The maximum absolute atomic E-state index is 12.4. The lowest BCUT2D eigenvalue weighted by atomic mass is 10.1. The number of guanidine groups is 1. The number of hydrogen-bond acceptors (Lipinski definition) is 3. The first-order chi connectivity index (χ1) is 11.4. The van der Waals surface area contributed by atoms with Gasteiger partial charge in [-0.05, 0) is 37.0 Å². The van der Waals surface area contributed by atoms with Crippen molar-refractivity contribution in [3.8, 4) is 0 Å². The van der Waals surface area contributed by atoms with Crippen LogP contribution in [0.4, 0.5) is 13.2 Å². The highest BCUT2D eigenvalue weighted by Gasteiger charge is 2.34. The van der Waals surface area contributed by atoms with Gasteiger partial charge >= 0.3 is 6.18 Å². The van der Waals surface area contributed by atoms with Gasteiger partial charge in [0.25, 0.3) is 0 Å². The van der Waals surface area contributed by atoms with Gasteiger partial charge in [0.1, 0.15) is 0 Å². The summed E-state index contributed by atoms with van der Waals surface area (Å²) < 4.78 is 37.3. The van der Waals surface area contributed by atoms with Crippen LogP contribution < -0.4 is 10.6 Å². The second kappa shape index (κ2) is 10.1. The summed E-state index contributed by atoms with van der Waals surface area (Å²) in [4.78, 5) is 9.63. The molecule has 1 aliphatic rings. The summed E-state index contributed by atoms with van der Waals surface area (Å²) in [6.45, 7) is 2.69. The van der Waals surface area contributed by atoms with Gasteiger partial charge in [-0.3, -0.25) is 14.9 Å². The highest BCUT2D eigenvalue weighted by molar-refractivity contribution is 14.0. The van der Waals surface area contributed by atoms with E-state index in [0.29, 0.717) is 32.0 Å². The van der Waals surface area contributed by atoms with Crippen LogP contribution in [0.1, 0.15) is 17.5 Å². The molecule has 0 aromatic carbocycles. The summed E-state index contributed by atoms with van der Waals surface area (Å²) in [5, 5.41) is 6.41. The fraction of sp³-hybridized carbons (Fsp3) is 0.625. The van der Waals surface area contributed by atoms with E-state index in [1.54, 1.807) is 13.2 Å². The minimum absolute atomic E-state index is 0. The van der Waals surface area contributed by atoms with Crippen LogP contribution in [0.15, 0.2) is 23.5 Å². The van der Waals surface area contributed by atoms with Gasteiger partial charge < -0.3 is 10.6 Å². The summed E-state index contributed by atoms with van der Waals surface area (Å²) in [5.41, 5.74) is 2.35. The van der Waals surface area contributed by atoms with E-state index >= 15 is 0 Å². The van der Waals surface area contributed by atoms with Gasteiger partial charge in [-0.25, -0.2) is 0 Å². The largest absolute Gasteiger partial charge is 0.401 e. The summed E-state index contributed by atoms with van der Waals surface area (Å²) in [6, 6.07) is 1.97. The third-order valence-electron chi connectivity index (χ3n) is 4.06. The second-order valence-corrected chi connectivity index (χ2v) is 6.03. The number of halogens is 4. The van der Waals surface area contributed by atoms with Gasteiger partial charge in [-0.2, -0.15) is 13.2 Å². The third-order valence-corrected chi connectivity index (χ3v) is 4.06. The van der Waals surface area contributed by atoms with E-state index in [9.17, 15) is 13.2 Å². The SMILES string of the molecule is CN=C(NCCc1ccncc1C)NC1CCN(CC(F)(F)F)C1.I. The Kier molecular flexibility index (Phi) is 8.91. The summed E-state index contributed by atoms with van der Waals surface area (Å²) in [7, 11) is 1.66. The van der Waals surface area contributed by atoms with Crippen molar-refractivity contribution in [2.45, 2.75) is 32.0 Å². The number of aliphatic imine (C=N–C) groups is 1. The fourth-order valence-corrected chi connectivity index (χ4v) is 2.83. The van der Waals surface area contributed by atoms with Crippen molar-refractivity contribution in [3.63, 3.8) is 0 Å². The van der Waals surface area contributed by atoms with E-state index in [1.807, 2.05) is 19.2 Å².